The molecule has 1 atom stereocenters. The van der Waals surface area contributed by atoms with Crippen molar-refractivity contribution in [3.63, 3.8) is 0 Å². The number of ether oxygens (including phenoxy) is 1. The fraction of sp³-hybridized carbons (Fsp3) is 0.238. The number of amides is 1. The second-order valence-electron chi connectivity index (χ2n) is 7.03. The van der Waals surface area contributed by atoms with Crippen LogP contribution in [0.5, 0.6) is 5.88 Å². The predicted molar refractivity (Wildman–Crippen MR) is 117 cm³/mol. The minimum absolute atomic E-state index is 0.0277. The number of aliphatic hydroxyl groups excluding tert-OH is 1. The Bertz CT molecular complexity index is 1170. The van der Waals surface area contributed by atoms with Crippen molar-refractivity contribution in [1.29, 1.82) is 0 Å². The highest BCUT2D eigenvalue weighted by Crippen LogP contribution is 2.24. The van der Waals surface area contributed by atoms with Crippen LogP contribution in [0.25, 0.3) is 0 Å². The molecular formula is C21H23N5O5S. The normalized spacial score (nSPS) is 12.1. The van der Waals surface area contributed by atoms with Crippen molar-refractivity contribution in [3.8, 4) is 5.88 Å². The van der Waals surface area contributed by atoms with Crippen molar-refractivity contribution < 1.29 is 23.1 Å². The van der Waals surface area contributed by atoms with Crippen LogP contribution in [0.2, 0.25) is 0 Å². The second-order valence-corrected chi connectivity index (χ2v) is 8.72. The maximum absolute atomic E-state index is 12.8. The van der Waals surface area contributed by atoms with Crippen molar-refractivity contribution in [1.82, 2.24) is 20.3 Å². The van der Waals surface area contributed by atoms with Gasteiger partial charge in [-0.25, -0.2) is 18.4 Å². The van der Waals surface area contributed by atoms with E-state index in [1.165, 1.54) is 12.1 Å². The van der Waals surface area contributed by atoms with E-state index in [2.05, 4.69) is 25.0 Å². The van der Waals surface area contributed by atoms with Gasteiger partial charge >= 0.3 is 0 Å². The van der Waals surface area contributed by atoms with Crippen LogP contribution in [0.3, 0.4) is 0 Å². The Hall–Kier alpha value is -3.57. The maximum Gasteiger partial charge on any atom is 0.271 e. The molecule has 0 aliphatic heterocycles. The molecule has 2 aromatic heterocycles. The zero-order valence-corrected chi connectivity index (χ0v) is 18.3. The lowest BCUT2D eigenvalue weighted by Crippen LogP contribution is -2.35. The number of sulfonamides is 1. The summed E-state index contributed by atoms with van der Waals surface area (Å²) in [4.78, 5) is 24.6. The summed E-state index contributed by atoms with van der Waals surface area (Å²) < 4.78 is 33.6. The summed E-state index contributed by atoms with van der Waals surface area (Å²) in [6.07, 6.45) is 4.32. The molecule has 0 bridgehead atoms. The summed E-state index contributed by atoms with van der Waals surface area (Å²) in [5, 5.41) is 11.7. The zero-order valence-electron chi connectivity index (χ0n) is 17.5. The van der Waals surface area contributed by atoms with Gasteiger partial charge in [0.2, 0.25) is 5.82 Å². The Balaban J connectivity index is 1.90. The van der Waals surface area contributed by atoms with Gasteiger partial charge in [0.1, 0.15) is 6.61 Å². The van der Waals surface area contributed by atoms with E-state index in [9.17, 15) is 13.2 Å². The number of aliphatic hydroxyl groups is 1. The summed E-state index contributed by atoms with van der Waals surface area (Å²) >= 11 is 0. The molecule has 0 spiro atoms. The molecule has 32 heavy (non-hydrogen) atoms. The number of carbonyl (C=O) groups is 1. The van der Waals surface area contributed by atoms with Gasteiger partial charge in [0.25, 0.3) is 21.8 Å². The molecule has 2 heterocycles. The third-order valence-electron chi connectivity index (χ3n) is 4.29. The first-order valence-electron chi connectivity index (χ1n) is 9.68. The molecule has 3 N–H and O–H groups in total. The average Bonchev–Trinajstić information content (AvgIpc) is 2.79. The van der Waals surface area contributed by atoms with E-state index >= 15 is 0 Å². The number of nitrogens with one attached hydrogen (secondary N) is 2. The monoisotopic (exact) mass is 457 g/mol. The van der Waals surface area contributed by atoms with Crippen molar-refractivity contribution in [3.05, 3.63) is 71.8 Å². The van der Waals surface area contributed by atoms with E-state index in [-0.39, 0.29) is 35.5 Å². The Labute approximate surface area is 185 Å². The molecule has 10 nitrogen and oxygen atoms in total. The lowest BCUT2D eigenvalue weighted by atomic mass is 10.2. The highest BCUT2D eigenvalue weighted by Gasteiger charge is 2.21. The zero-order chi connectivity index (χ0) is 23.1. The number of rotatable bonds is 9. The fourth-order valence-electron chi connectivity index (χ4n) is 2.53. The summed E-state index contributed by atoms with van der Waals surface area (Å²) in [5.41, 5.74) is 1.53. The number of pyridine rings is 1. The van der Waals surface area contributed by atoms with E-state index in [0.717, 1.165) is 11.8 Å². The van der Waals surface area contributed by atoms with Gasteiger partial charge in [-0.2, -0.15) is 0 Å². The third-order valence-corrected chi connectivity index (χ3v) is 5.64. The number of nitrogens with zero attached hydrogens (tertiary/aromatic N) is 3. The van der Waals surface area contributed by atoms with Crippen molar-refractivity contribution in [2.75, 3.05) is 11.3 Å². The van der Waals surface area contributed by atoms with Gasteiger partial charge in [0.15, 0.2) is 5.69 Å². The Morgan fingerprint density at radius 3 is 2.59 bits per heavy atom. The number of benzene rings is 1. The highest BCUT2D eigenvalue weighted by molar-refractivity contribution is 7.92. The molecule has 0 radical (unpaired) electrons. The van der Waals surface area contributed by atoms with E-state index < -0.39 is 22.0 Å². The lowest BCUT2D eigenvalue weighted by Gasteiger charge is -2.14. The molecule has 1 amide bonds. The van der Waals surface area contributed by atoms with Crippen LogP contribution in [-0.4, -0.2) is 47.0 Å². The Kier molecular flexibility index (Phi) is 7.33. The van der Waals surface area contributed by atoms with Gasteiger partial charge in [0, 0.05) is 24.0 Å². The molecule has 3 aromatic rings. The SMILES string of the molecule is Cc1ccc(S(=O)(=O)Nc2ncc(C(=O)N[C@H](C)CO)nc2OCc2cccnc2)cc1. The molecular weight excluding hydrogens is 434 g/mol. The molecule has 0 saturated carbocycles. The first-order chi connectivity index (χ1) is 15.3. The van der Waals surface area contributed by atoms with Crippen molar-refractivity contribution in [2.45, 2.75) is 31.4 Å². The van der Waals surface area contributed by atoms with Gasteiger partial charge in [0.05, 0.1) is 17.7 Å². The predicted octanol–water partition coefficient (Wildman–Crippen LogP) is 1.67. The fourth-order valence-corrected chi connectivity index (χ4v) is 3.54. The van der Waals surface area contributed by atoms with Crippen molar-refractivity contribution >= 4 is 21.7 Å². The van der Waals surface area contributed by atoms with E-state index in [0.29, 0.717) is 5.56 Å². The first kappa shape index (κ1) is 23.1. The van der Waals surface area contributed by atoms with Crippen LogP contribution in [0.1, 0.15) is 28.5 Å². The van der Waals surface area contributed by atoms with Crippen LogP contribution >= 0.6 is 0 Å². The highest BCUT2D eigenvalue weighted by atomic mass is 32.2. The quantitative estimate of drug-likeness (QED) is 0.440. The van der Waals surface area contributed by atoms with Crippen LogP contribution in [0, 0.1) is 6.92 Å². The molecule has 0 aliphatic rings. The van der Waals surface area contributed by atoms with Crippen LogP contribution in [-0.2, 0) is 16.6 Å². The van der Waals surface area contributed by atoms with Gasteiger partial charge in [-0.05, 0) is 32.0 Å². The number of hydrogen-bond donors (Lipinski definition) is 3. The maximum atomic E-state index is 12.8. The van der Waals surface area contributed by atoms with Crippen LogP contribution in [0.15, 0.2) is 59.9 Å². The summed E-state index contributed by atoms with van der Waals surface area (Å²) in [7, 11) is -3.97. The second kappa shape index (κ2) is 10.2. The number of carbonyl (C=O) groups excluding carboxylic acids is 1. The van der Waals surface area contributed by atoms with E-state index in [1.807, 2.05) is 6.92 Å². The van der Waals surface area contributed by atoms with Gasteiger partial charge in [-0.1, -0.05) is 23.8 Å². The number of aryl methyl sites for hydroxylation is 1. The molecule has 0 fully saturated rings. The number of hydrogen-bond acceptors (Lipinski definition) is 8. The minimum Gasteiger partial charge on any atom is -0.470 e. The van der Waals surface area contributed by atoms with E-state index in [1.54, 1.807) is 43.6 Å². The first-order valence-corrected chi connectivity index (χ1v) is 11.2. The van der Waals surface area contributed by atoms with Gasteiger partial charge < -0.3 is 15.2 Å². The summed E-state index contributed by atoms with van der Waals surface area (Å²) in [5.74, 6) is -0.923. The average molecular weight is 458 g/mol. The largest absolute Gasteiger partial charge is 0.470 e. The molecule has 1 aromatic carbocycles. The minimum atomic E-state index is -3.97. The Morgan fingerprint density at radius 1 is 1.19 bits per heavy atom. The molecule has 3 rings (SSSR count). The van der Waals surface area contributed by atoms with Gasteiger partial charge in [-0.15, -0.1) is 0 Å². The molecule has 11 heteroatoms. The smallest absolute Gasteiger partial charge is 0.271 e. The number of anilines is 1. The summed E-state index contributed by atoms with van der Waals surface area (Å²) in [6, 6.07) is 9.30. The topological polar surface area (TPSA) is 143 Å². The van der Waals surface area contributed by atoms with E-state index in [4.69, 9.17) is 9.84 Å². The molecule has 0 aliphatic carbocycles. The van der Waals surface area contributed by atoms with Crippen LogP contribution in [0.4, 0.5) is 5.82 Å². The standard InChI is InChI=1S/C21H23N5O5S/c1-14-5-7-17(8-6-14)32(29,30)26-19-21(31-13-16-4-3-9-22-10-16)25-18(11-23-19)20(28)24-15(2)12-27/h3-11,15,27H,12-13H2,1-2H3,(H,23,26)(H,24,28)/t15-/m1/s1. The summed E-state index contributed by atoms with van der Waals surface area (Å²) in [6.45, 7) is 3.24. The molecule has 0 saturated heterocycles. The third kappa shape index (κ3) is 5.99. The van der Waals surface area contributed by atoms with Gasteiger partial charge in [-0.3, -0.25) is 14.5 Å². The molecule has 168 valence electrons. The van der Waals surface area contributed by atoms with Crippen molar-refractivity contribution in [2.24, 2.45) is 0 Å². The molecule has 0 unspecified atom stereocenters. The number of aromatic nitrogens is 3. The lowest BCUT2D eigenvalue weighted by molar-refractivity contribution is 0.0915. The van der Waals surface area contributed by atoms with Crippen LogP contribution < -0.4 is 14.8 Å². The Morgan fingerprint density at radius 2 is 1.94 bits per heavy atom.